The van der Waals surface area contributed by atoms with Gasteiger partial charge in [0.15, 0.2) is 0 Å². The molecule has 15 N–H and O–H groups in total. The van der Waals surface area contributed by atoms with Crippen LogP contribution in [-0.4, -0.2) is 186 Å². The summed E-state index contributed by atoms with van der Waals surface area (Å²) in [5.74, 6) is 4.24. The summed E-state index contributed by atoms with van der Waals surface area (Å²) < 4.78 is 118. The summed E-state index contributed by atoms with van der Waals surface area (Å²) >= 11 is 0. The van der Waals surface area contributed by atoms with Gasteiger partial charge in [0, 0.05) is 23.0 Å². The molecule has 10 rings (SSSR count). The number of phenolic OH excluding ortho intramolecular Hbond substituents is 5. The van der Waals surface area contributed by atoms with Gasteiger partial charge in [0.2, 0.25) is 5.41 Å². The summed E-state index contributed by atoms with van der Waals surface area (Å²) in [6.45, 7) is 23.9. The van der Waals surface area contributed by atoms with Gasteiger partial charge in [-0.15, -0.1) is 0 Å². The Balaban J connectivity index is 0.000000236. The molecule has 0 aliphatic rings. The van der Waals surface area contributed by atoms with E-state index in [0.717, 1.165) is 96.1 Å². The topological polar surface area (TPSA) is 359 Å². The molecule has 0 aliphatic heterocycles. The van der Waals surface area contributed by atoms with Crippen LogP contribution in [-0.2, 0) is 16.2 Å². The first-order chi connectivity index (χ1) is 56.8. The van der Waals surface area contributed by atoms with Crippen molar-refractivity contribution in [1.29, 1.82) is 0 Å². The Morgan fingerprint density at radius 2 is 0.529 bits per heavy atom. The van der Waals surface area contributed by atoms with E-state index in [1.165, 1.54) is 13.8 Å². The largest absolute Gasteiger partial charge is 0.508 e. The number of phenols is 5. The third-order valence-electron chi connectivity index (χ3n) is 20.3. The van der Waals surface area contributed by atoms with Crippen LogP contribution in [0.3, 0.4) is 0 Å². The first-order valence-electron chi connectivity index (χ1n) is 38.7. The van der Waals surface area contributed by atoms with Crippen molar-refractivity contribution in [3.05, 3.63) is 271 Å². The lowest BCUT2D eigenvalue weighted by molar-refractivity contribution is -0.288. The highest BCUT2D eigenvalue weighted by atomic mass is 19.4. The maximum absolute atomic E-state index is 14.1. The first-order valence-corrected chi connectivity index (χ1v) is 38.7. The number of aliphatic hydroxyl groups is 10. The second-order valence-corrected chi connectivity index (χ2v) is 30.6. The molecule has 10 aromatic carbocycles. The standard InChI is InChI=1S/C20H20F6O4.2C20H26O4.C17H20O5.C17H20O4/c1-11-7-13(3-5-16(11)29)18(19(21,22)23,20(24,25)26)14-4-6-17(12(2)8-14)30-10-15(28)9-27;1-13-9-15(5-7-18(13)23)20(3,4)16-6-8-19(14(2)10-16)24-12-17(22)11-21;1-13-5-7-15(9-18(13)23)20(3,4)16-8-6-14(2)19(10-16)24-12-17(22)11-21;1-11-3-5-14(7-16(11)20)22-15-6-4-12(2)17(8-15)21-10-13(19)9-18;1-11-3-5-13(7-16(11)20)14-6-4-12(2)17(8-14)21-10-15(19)9-18/h3-8,15,27-29H,9-10H2,1-2H3;2*5-10,17,21-23H,11-12H2,1-4H3;3-8,13,18-20H,9-10H2,1-2H3;3-8,15,18-20H,9-10H2,1-2H3. The van der Waals surface area contributed by atoms with E-state index >= 15 is 0 Å². The van der Waals surface area contributed by atoms with Gasteiger partial charge in [-0.1, -0.05) is 137 Å². The van der Waals surface area contributed by atoms with Crippen molar-refractivity contribution < 1.29 is 131 Å². The van der Waals surface area contributed by atoms with Crippen LogP contribution in [0.1, 0.15) is 117 Å². The van der Waals surface area contributed by atoms with Gasteiger partial charge >= 0.3 is 12.4 Å². The molecule has 27 heteroatoms. The molecule has 0 amide bonds. The smallest absolute Gasteiger partial charge is 0.411 e. The van der Waals surface area contributed by atoms with E-state index in [2.05, 4.69) is 33.8 Å². The van der Waals surface area contributed by atoms with Crippen LogP contribution < -0.4 is 28.4 Å². The molecule has 656 valence electrons. The minimum Gasteiger partial charge on any atom is -0.508 e. The highest BCUT2D eigenvalue weighted by Gasteiger charge is 2.72. The molecular weight excluding hydrogens is 1580 g/mol. The highest BCUT2D eigenvalue weighted by Crippen LogP contribution is 2.57. The molecule has 121 heavy (non-hydrogen) atoms. The lowest BCUT2D eigenvalue weighted by Crippen LogP contribution is -2.54. The highest BCUT2D eigenvalue weighted by molar-refractivity contribution is 5.68. The van der Waals surface area contributed by atoms with Gasteiger partial charge in [0.25, 0.3) is 0 Å². The van der Waals surface area contributed by atoms with Crippen molar-refractivity contribution in [2.45, 2.75) is 156 Å². The predicted octanol–water partition coefficient (Wildman–Crippen LogP) is 15.2. The Labute approximate surface area is 701 Å². The third-order valence-corrected chi connectivity index (χ3v) is 20.3. The van der Waals surface area contributed by atoms with E-state index < -0.39 is 78.4 Å². The van der Waals surface area contributed by atoms with Crippen molar-refractivity contribution in [2.24, 2.45) is 0 Å². The molecule has 0 spiro atoms. The Bertz CT molecular complexity index is 4990. The number of hydrogen-bond acceptors (Lipinski definition) is 21. The summed E-state index contributed by atoms with van der Waals surface area (Å²) in [6.07, 6.45) is -16.3. The average molecular weight is 1690 g/mol. The summed E-state index contributed by atoms with van der Waals surface area (Å²) in [7, 11) is 0. The average Bonchev–Trinajstić information content (AvgIpc) is 0.712. The molecule has 0 aliphatic carbocycles. The van der Waals surface area contributed by atoms with Crippen LogP contribution in [0.2, 0.25) is 0 Å². The maximum Gasteiger partial charge on any atom is 0.411 e. The molecule has 0 saturated carbocycles. The minimum atomic E-state index is -5.75. The van der Waals surface area contributed by atoms with E-state index in [4.69, 9.17) is 54.0 Å². The van der Waals surface area contributed by atoms with Gasteiger partial charge in [-0.2, -0.15) is 26.3 Å². The van der Waals surface area contributed by atoms with Gasteiger partial charge in [0.05, 0.1) is 33.0 Å². The quantitative estimate of drug-likeness (QED) is 0.0194. The first kappa shape index (κ1) is 99.0. The number of ether oxygens (including phenoxy) is 6. The number of halogens is 6. The Kier molecular flexibility index (Phi) is 36.1. The Hall–Kier alpha value is -10.8. The summed E-state index contributed by atoms with van der Waals surface area (Å²) in [5, 5.41) is 140. The van der Waals surface area contributed by atoms with Gasteiger partial charge in [-0.25, -0.2) is 0 Å². The maximum atomic E-state index is 14.1. The molecule has 0 aromatic heterocycles. The molecule has 0 fully saturated rings. The lowest BCUT2D eigenvalue weighted by Gasteiger charge is -2.38. The number of rotatable bonds is 29. The zero-order valence-corrected chi connectivity index (χ0v) is 70.2. The zero-order chi connectivity index (χ0) is 90.2. The number of aliphatic hydroxyl groups excluding tert-OH is 10. The fourth-order valence-corrected chi connectivity index (χ4v) is 12.1. The fraction of sp³-hybridized carbons (Fsp3) is 0.362. The normalized spacial score (nSPS) is 12.9. The van der Waals surface area contributed by atoms with Crippen LogP contribution in [0, 0.1) is 69.2 Å². The Morgan fingerprint density at radius 3 is 0.917 bits per heavy atom. The molecule has 0 saturated heterocycles. The molecule has 0 radical (unpaired) electrons. The van der Waals surface area contributed by atoms with Crippen molar-refractivity contribution >= 4 is 0 Å². The molecule has 10 aromatic rings. The van der Waals surface area contributed by atoms with Crippen LogP contribution in [0.4, 0.5) is 26.3 Å². The number of hydrogen-bond donors (Lipinski definition) is 15. The number of aryl methyl sites for hydroxylation is 10. The third kappa shape index (κ3) is 26.8. The van der Waals surface area contributed by atoms with Crippen molar-refractivity contribution in [3.63, 3.8) is 0 Å². The second-order valence-electron chi connectivity index (χ2n) is 30.6. The van der Waals surface area contributed by atoms with Gasteiger partial charge in [0.1, 0.15) is 133 Å². The molecule has 21 nitrogen and oxygen atoms in total. The monoisotopic (exact) mass is 1690 g/mol. The van der Waals surface area contributed by atoms with Crippen molar-refractivity contribution in [3.8, 4) is 80.1 Å². The lowest BCUT2D eigenvalue weighted by atomic mass is 9.72. The number of alkyl halides is 6. The molecular formula is C94H112F6O21. The van der Waals surface area contributed by atoms with E-state index in [0.29, 0.717) is 58.4 Å². The predicted molar refractivity (Wildman–Crippen MR) is 449 cm³/mol. The molecule has 0 heterocycles. The van der Waals surface area contributed by atoms with E-state index in [1.54, 1.807) is 48.5 Å². The van der Waals surface area contributed by atoms with Crippen molar-refractivity contribution in [1.82, 2.24) is 0 Å². The molecule has 5 unspecified atom stereocenters. The van der Waals surface area contributed by atoms with Crippen LogP contribution in [0.25, 0.3) is 11.1 Å². The number of aromatic hydroxyl groups is 5. The van der Waals surface area contributed by atoms with Gasteiger partial charge in [-0.3, -0.25) is 0 Å². The van der Waals surface area contributed by atoms with E-state index in [1.807, 2.05) is 146 Å². The molecule has 0 bridgehead atoms. The number of benzene rings is 10. The van der Waals surface area contributed by atoms with Crippen molar-refractivity contribution in [2.75, 3.05) is 66.1 Å². The second kappa shape index (κ2) is 44.1. The summed E-state index contributed by atoms with van der Waals surface area (Å²) in [6, 6.07) is 49.4. The Morgan fingerprint density at radius 1 is 0.256 bits per heavy atom. The zero-order valence-electron chi connectivity index (χ0n) is 70.2. The summed E-state index contributed by atoms with van der Waals surface area (Å²) in [4.78, 5) is 0. The van der Waals surface area contributed by atoms with Crippen LogP contribution >= 0.6 is 0 Å². The SMILES string of the molecule is Cc1cc(C(C)(C)c2ccc(OCC(O)CO)c(C)c2)ccc1O.Cc1cc(C(c2ccc(OCC(O)CO)c(C)c2)(C(F)(F)F)C(F)(F)F)ccc1O.Cc1ccc(-c2ccc(C)c(OCC(O)CO)c2)cc1O.Cc1ccc(C(C)(C)c2ccc(C)c(OCC(O)CO)c2)cc1O.Cc1ccc(Oc2ccc(C)c(OCC(O)CO)c2)cc1O. The summed E-state index contributed by atoms with van der Waals surface area (Å²) in [5.41, 5.74) is 6.04. The van der Waals surface area contributed by atoms with Crippen LogP contribution in [0.5, 0.6) is 69.0 Å². The van der Waals surface area contributed by atoms with Crippen LogP contribution in [0.15, 0.2) is 182 Å². The molecule has 5 atom stereocenters. The van der Waals surface area contributed by atoms with Gasteiger partial charge in [-0.05, 0) is 230 Å². The fourth-order valence-electron chi connectivity index (χ4n) is 12.1. The van der Waals surface area contributed by atoms with E-state index in [-0.39, 0.29) is 97.8 Å². The minimum absolute atomic E-state index is 0.00606. The van der Waals surface area contributed by atoms with E-state index in [9.17, 15) is 77.4 Å². The van der Waals surface area contributed by atoms with Gasteiger partial charge < -0.3 is 105 Å².